The third-order valence-electron chi connectivity index (χ3n) is 2.17. The van der Waals surface area contributed by atoms with Gasteiger partial charge in [-0.25, -0.2) is 13.1 Å². The molecule has 1 heterocycles. The van der Waals surface area contributed by atoms with Crippen LogP contribution in [0, 0.1) is 0 Å². The van der Waals surface area contributed by atoms with Gasteiger partial charge in [-0.2, -0.15) is 0 Å². The zero-order valence-corrected chi connectivity index (χ0v) is 8.34. The number of sulfonamides is 1. The van der Waals surface area contributed by atoms with Crippen LogP contribution in [0.1, 0.15) is 17.3 Å². The number of fused-ring (bicyclic) bond motifs is 1. The second kappa shape index (κ2) is 2.90. The Hall–Kier alpha value is -1.20. The van der Waals surface area contributed by atoms with Gasteiger partial charge in [0.15, 0.2) is 5.78 Å². The maximum Gasteiger partial charge on any atom is 0.241 e. The number of rotatable bonds is 0. The van der Waals surface area contributed by atoms with Crippen molar-refractivity contribution in [2.24, 2.45) is 0 Å². The molecule has 0 aliphatic carbocycles. The van der Waals surface area contributed by atoms with E-state index in [2.05, 4.69) is 4.72 Å². The lowest BCUT2D eigenvalue weighted by Crippen LogP contribution is -2.43. The van der Waals surface area contributed by atoms with Crippen LogP contribution >= 0.6 is 0 Å². The SMILES string of the molecule is CC1NS(=O)(=O)c2ccccc2C1=O. The molecule has 1 atom stereocenters. The van der Waals surface area contributed by atoms with Gasteiger partial charge < -0.3 is 0 Å². The average molecular weight is 211 g/mol. The average Bonchev–Trinajstić information content (AvgIpc) is 2.14. The summed E-state index contributed by atoms with van der Waals surface area (Å²) in [7, 11) is -3.49. The van der Waals surface area contributed by atoms with Gasteiger partial charge in [0, 0.05) is 5.56 Å². The van der Waals surface area contributed by atoms with E-state index in [1.54, 1.807) is 12.1 Å². The number of ketones is 1. The zero-order valence-electron chi connectivity index (χ0n) is 7.52. The first-order chi connectivity index (χ1) is 6.52. The number of hydrogen-bond acceptors (Lipinski definition) is 3. The summed E-state index contributed by atoms with van der Waals surface area (Å²) >= 11 is 0. The summed E-state index contributed by atoms with van der Waals surface area (Å²) in [6.45, 7) is 1.54. The van der Waals surface area contributed by atoms with Crippen molar-refractivity contribution in [1.82, 2.24) is 4.72 Å². The Balaban J connectivity index is 2.74. The summed E-state index contributed by atoms with van der Waals surface area (Å²) in [5.74, 6) is -0.185. The Labute approximate surface area is 82.0 Å². The summed E-state index contributed by atoms with van der Waals surface area (Å²) in [6.07, 6.45) is 0. The molecule has 0 saturated heterocycles. The Morgan fingerprint density at radius 1 is 1.29 bits per heavy atom. The maximum absolute atomic E-state index is 11.6. The molecule has 2 rings (SSSR count). The molecular formula is C9H9NO3S. The van der Waals surface area contributed by atoms with Crippen LogP contribution in [0.5, 0.6) is 0 Å². The van der Waals surface area contributed by atoms with Crippen LogP contribution in [0.15, 0.2) is 29.2 Å². The Kier molecular flexibility index (Phi) is 1.94. The minimum absolute atomic E-state index is 0.0723. The zero-order chi connectivity index (χ0) is 10.3. The molecule has 0 aromatic heterocycles. The van der Waals surface area contributed by atoms with Gasteiger partial charge in [-0.3, -0.25) is 4.79 Å². The quantitative estimate of drug-likeness (QED) is 0.681. The molecule has 0 spiro atoms. The van der Waals surface area contributed by atoms with E-state index in [4.69, 9.17) is 0 Å². The van der Waals surface area contributed by atoms with Crippen LogP contribution in [0.25, 0.3) is 0 Å². The first-order valence-electron chi connectivity index (χ1n) is 4.18. The molecule has 1 N–H and O–H groups in total. The predicted molar refractivity (Wildman–Crippen MR) is 50.6 cm³/mol. The van der Waals surface area contributed by atoms with Crippen molar-refractivity contribution < 1.29 is 13.2 Å². The van der Waals surface area contributed by atoms with Crippen molar-refractivity contribution in [3.05, 3.63) is 29.8 Å². The summed E-state index contributed by atoms with van der Waals surface area (Å²) in [5, 5.41) is 0. The van der Waals surface area contributed by atoms with Crippen molar-refractivity contribution in [3.63, 3.8) is 0 Å². The molecular weight excluding hydrogens is 202 g/mol. The molecule has 5 heteroatoms. The minimum Gasteiger partial charge on any atom is -0.292 e. The fourth-order valence-corrected chi connectivity index (χ4v) is 2.90. The highest BCUT2D eigenvalue weighted by atomic mass is 32.2. The van der Waals surface area contributed by atoms with Gasteiger partial charge >= 0.3 is 0 Å². The molecule has 0 radical (unpaired) electrons. The third-order valence-corrected chi connectivity index (χ3v) is 3.77. The highest BCUT2D eigenvalue weighted by Crippen LogP contribution is 2.21. The Morgan fingerprint density at radius 3 is 2.64 bits per heavy atom. The molecule has 4 nitrogen and oxygen atoms in total. The van der Waals surface area contributed by atoms with Crippen LogP contribution in [0.4, 0.5) is 0 Å². The minimum atomic E-state index is -3.49. The van der Waals surface area contributed by atoms with Crippen LogP contribution < -0.4 is 4.72 Å². The van der Waals surface area contributed by atoms with Gasteiger partial charge in [0.1, 0.15) is 0 Å². The predicted octanol–water partition coefficient (Wildman–Crippen LogP) is 0.550. The van der Waals surface area contributed by atoms with Gasteiger partial charge in [0.2, 0.25) is 10.0 Å². The topological polar surface area (TPSA) is 63.2 Å². The molecule has 1 unspecified atom stereocenters. The second-order valence-electron chi connectivity index (χ2n) is 3.20. The van der Waals surface area contributed by atoms with E-state index in [-0.39, 0.29) is 16.2 Å². The molecule has 0 bridgehead atoms. The molecule has 1 aliphatic heterocycles. The molecule has 1 aromatic rings. The number of benzene rings is 1. The van der Waals surface area contributed by atoms with Crippen LogP contribution in [0.2, 0.25) is 0 Å². The Bertz CT molecular complexity index is 493. The van der Waals surface area contributed by atoms with Crippen LogP contribution in [0.3, 0.4) is 0 Å². The lowest BCUT2D eigenvalue weighted by molar-refractivity contribution is 0.0953. The summed E-state index contributed by atoms with van der Waals surface area (Å²) < 4.78 is 25.4. The monoisotopic (exact) mass is 211 g/mol. The van der Waals surface area contributed by atoms with Crippen LogP contribution in [-0.4, -0.2) is 20.2 Å². The molecule has 0 saturated carbocycles. The lowest BCUT2D eigenvalue weighted by Gasteiger charge is -2.21. The van der Waals surface area contributed by atoms with Crippen molar-refractivity contribution in [2.45, 2.75) is 17.9 Å². The molecule has 1 aromatic carbocycles. The van der Waals surface area contributed by atoms with E-state index in [9.17, 15) is 13.2 Å². The van der Waals surface area contributed by atoms with E-state index >= 15 is 0 Å². The van der Waals surface area contributed by atoms with E-state index in [1.165, 1.54) is 19.1 Å². The summed E-state index contributed by atoms with van der Waals surface area (Å²) in [4.78, 5) is 11.6. The van der Waals surface area contributed by atoms with Crippen LogP contribution in [-0.2, 0) is 10.0 Å². The Morgan fingerprint density at radius 2 is 1.93 bits per heavy atom. The largest absolute Gasteiger partial charge is 0.292 e. The molecule has 74 valence electrons. The van der Waals surface area contributed by atoms with Gasteiger partial charge in [-0.05, 0) is 19.1 Å². The molecule has 0 amide bonds. The van der Waals surface area contributed by atoms with Gasteiger partial charge in [-0.15, -0.1) is 0 Å². The fourth-order valence-electron chi connectivity index (χ4n) is 1.49. The van der Waals surface area contributed by atoms with Crippen molar-refractivity contribution in [1.29, 1.82) is 0 Å². The van der Waals surface area contributed by atoms with Crippen molar-refractivity contribution in [3.8, 4) is 0 Å². The molecule has 14 heavy (non-hydrogen) atoms. The first kappa shape index (κ1) is 9.36. The lowest BCUT2D eigenvalue weighted by atomic mass is 10.1. The van der Waals surface area contributed by atoms with E-state index in [0.717, 1.165) is 0 Å². The summed E-state index contributed by atoms with van der Waals surface area (Å²) in [5.41, 5.74) is 0.277. The van der Waals surface area contributed by atoms with Crippen molar-refractivity contribution in [2.75, 3.05) is 0 Å². The maximum atomic E-state index is 11.6. The van der Waals surface area contributed by atoms with E-state index in [0.29, 0.717) is 0 Å². The third kappa shape index (κ3) is 1.25. The van der Waals surface area contributed by atoms with E-state index < -0.39 is 16.1 Å². The number of carbonyl (C=O) groups excluding carboxylic acids is 1. The standard InChI is InChI=1S/C9H9NO3S/c1-6-9(11)7-4-2-3-5-8(7)14(12,13)10-6/h2-6,10H,1H3. The molecule has 0 fully saturated rings. The smallest absolute Gasteiger partial charge is 0.241 e. The number of hydrogen-bond donors (Lipinski definition) is 1. The fraction of sp³-hybridized carbons (Fsp3) is 0.222. The molecule has 1 aliphatic rings. The number of nitrogens with one attached hydrogen (secondary N) is 1. The van der Waals surface area contributed by atoms with Crippen molar-refractivity contribution >= 4 is 15.8 Å². The normalized spacial score (nSPS) is 24.4. The summed E-state index contributed by atoms with van der Waals surface area (Å²) in [6, 6.07) is 5.55. The van der Waals surface area contributed by atoms with Gasteiger partial charge in [0.25, 0.3) is 0 Å². The number of carbonyl (C=O) groups is 1. The highest BCUT2D eigenvalue weighted by molar-refractivity contribution is 7.89. The van der Waals surface area contributed by atoms with E-state index in [1.807, 2.05) is 0 Å². The first-order valence-corrected chi connectivity index (χ1v) is 5.66. The van der Waals surface area contributed by atoms with Gasteiger partial charge in [-0.1, -0.05) is 12.1 Å². The second-order valence-corrected chi connectivity index (χ2v) is 4.89. The van der Waals surface area contributed by atoms with Gasteiger partial charge in [0.05, 0.1) is 10.9 Å². The highest BCUT2D eigenvalue weighted by Gasteiger charge is 2.32. The number of Topliss-reactive ketones (excluding diaryl/α,β-unsaturated/α-hetero) is 1.